The van der Waals surface area contributed by atoms with E-state index in [1.165, 1.54) is 16.7 Å². The van der Waals surface area contributed by atoms with Crippen LogP contribution in [0, 0.1) is 13.8 Å². The van der Waals surface area contributed by atoms with Gasteiger partial charge in [0.1, 0.15) is 4.60 Å². The lowest BCUT2D eigenvalue weighted by Crippen LogP contribution is -2.29. The molecule has 0 radical (unpaired) electrons. The average Bonchev–Trinajstić information content (AvgIpc) is 3.06. The Kier molecular flexibility index (Phi) is 12.6. The van der Waals surface area contributed by atoms with Crippen molar-refractivity contribution in [2.24, 2.45) is 0 Å². The molecule has 0 saturated heterocycles. The van der Waals surface area contributed by atoms with Crippen LogP contribution in [0.1, 0.15) is 11.1 Å². The van der Waals surface area contributed by atoms with E-state index in [9.17, 15) is 0 Å². The number of aryl methyl sites for hydroxylation is 2. The summed E-state index contributed by atoms with van der Waals surface area (Å²) in [5.41, 5.74) is 9.49. The quantitative estimate of drug-likeness (QED) is 0.139. The lowest BCUT2D eigenvalue weighted by atomic mass is 9.79. The number of rotatable bonds is 4. The number of halogens is 3. The van der Waals surface area contributed by atoms with Gasteiger partial charge in [-0.15, -0.1) is 0 Å². The van der Waals surface area contributed by atoms with Crippen molar-refractivity contribution >= 4 is 60.4 Å². The van der Waals surface area contributed by atoms with E-state index >= 15 is 0 Å². The molecule has 0 aliphatic heterocycles. The molecule has 220 valence electrons. The Morgan fingerprint density at radius 2 is 1.07 bits per heavy atom. The largest absolute Gasteiger partial charge is 0.488 e. The minimum Gasteiger partial charge on any atom is -0.423 e. The second kappa shape index (κ2) is 16.6. The number of hydrogen-bond donors (Lipinski definition) is 2. The zero-order valence-corrected chi connectivity index (χ0v) is 29.0. The molecule has 0 fully saturated rings. The molecule has 0 aliphatic rings. The molecule has 2 N–H and O–H groups in total. The average molecular weight is 773 g/mol. The standard InChI is InChI=1S/C18H14BrN.C12H11BO2.C6H5Br2N/c1-13-10-18(20-12-17(13)19)16-9-5-8-15(11-16)14-6-3-2-4-7-14;14-13(15)12-8-4-7-11(9-12)10-5-2-1-3-6-10;1-4-2-5(7)3-9-6(4)8/h2-12H,1H3;1-9,14-15H;2-3H,1H3. The molecular formula is C36H30BBr3N2O2. The van der Waals surface area contributed by atoms with E-state index in [0.717, 1.165) is 41.5 Å². The summed E-state index contributed by atoms with van der Waals surface area (Å²) in [7, 11) is -1.41. The first kappa shape index (κ1) is 33.5. The van der Waals surface area contributed by atoms with Crippen LogP contribution in [-0.2, 0) is 0 Å². The van der Waals surface area contributed by atoms with E-state index in [-0.39, 0.29) is 0 Å². The van der Waals surface area contributed by atoms with Crippen LogP contribution in [0.2, 0.25) is 0 Å². The smallest absolute Gasteiger partial charge is 0.423 e. The molecule has 0 atom stereocenters. The van der Waals surface area contributed by atoms with Gasteiger partial charge in [0.15, 0.2) is 0 Å². The van der Waals surface area contributed by atoms with E-state index in [2.05, 4.69) is 119 Å². The second-order valence-electron chi connectivity index (χ2n) is 9.89. The van der Waals surface area contributed by atoms with Gasteiger partial charge in [0.25, 0.3) is 0 Å². The zero-order valence-electron chi connectivity index (χ0n) is 24.2. The number of benzene rings is 4. The zero-order chi connectivity index (χ0) is 31.5. The van der Waals surface area contributed by atoms with E-state index in [4.69, 9.17) is 10.0 Å². The molecule has 0 amide bonds. The molecule has 2 aromatic heterocycles. The first-order valence-corrected chi connectivity index (χ1v) is 16.2. The van der Waals surface area contributed by atoms with Crippen molar-refractivity contribution in [2.45, 2.75) is 13.8 Å². The fourth-order valence-corrected chi connectivity index (χ4v) is 5.10. The van der Waals surface area contributed by atoms with Gasteiger partial charge < -0.3 is 10.0 Å². The second-order valence-corrected chi connectivity index (χ2v) is 12.4. The third-order valence-electron chi connectivity index (χ3n) is 6.59. The van der Waals surface area contributed by atoms with Gasteiger partial charge in [0.2, 0.25) is 0 Å². The summed E-state index contributed by atoms with van der Waals surface area (Å²) in [5, 5.41) is 18.1. The topological polar surface area (TPSA) is 66.2 Å². The molecule has 2 heterocycles. The number of hydrogen-bond acceptors (Lipinski definition) is 4. The molecule has 0 spiro atoms. The molecule has 6 rings (SSSR count). The van der Waals surface area contributed by atoms with Gasteiger partial charge in [0.05, 0.1) is 5.69 Å². The molecule has 0 saturated carbocycles. The lowest BCUT2D eigenvalue weighted by Gasteiger charge is -2.07. The summed E-state index contributed by atoms with van der Waals surface area (Å²) in [6.45, 7) is 4.08. The summed E-state index contributed by atoms with van der Waals surface area (Å²) >= 11 is 10.1. The van der Waals surface area contributed by atoms with E-state index in [1.807, 2.05) is 67.7 Å². The Balaban J connectivity index is 0.000000162. The molecule has 4 aromatic carbocycles. The maximum absolute atomic E-state index is 9.05. The van der Waals surface area contributed by atoms with Crippen LogP contribution in [0.3, 0.4) is 0 Å². The predicted octanol–water partition coefficient (Wildman–Crippen LogP) is 9.43. The monoisotopic (exact) mass is 770 g/mol. The molecular weight excluding hydrogens is 743 g/mol. The maximum Gasteiger partial charge on any atom is 0.488 e. The fraction of sp³-hybridized carbons (Fsp3) is 0.0556. The summed E-state index contributed by atoms with van der Waals surface area (Å²) < 4.78 is 2.97. The summed E-state index contributed by atoms with van der Waals surface area (Å²) in [5.74, 6) is 0. The fourth-order valence-electron chi connectivity index (χ4n) is 4.22. The molecule has 6 aromatic rings. The number of aromatic nitrogens is 2. The van der Waals surface area contributed by atoms with Crippen molar-refractivity contribution in [3.63, 3.8) is 0 Å². The Hall–Kier alpha value is -3.40. The third-order valence-corrected chi connectivity index (χ3v) is 8.68. The maximum atomic E-state index is 9.05. The van der Waals surface area contributed by atoms with Gasteiger partial charge in [-0.1, -0.05) is 103 Å². The molecule has 8 heteroatoms. The highest BCUT2D eigenvalue weighted by atomic mass is 79.9. The number of nitrogens with zero attached hydrogens (tertiary/aromatic N) is 2. The molecule has 0 unspecified atom stereocenters. The Labute approximate surface area is 284 Å². The lowest BCUT2D eigenvalue weighted by molar-refractivity contribution is 0.426. The first-order valence-electron chi connectivity index (χ1n) is 13.8. The molecule has 4 nitrogen and oxygen atoms in total. The van der Waals surface area contributed by atoms with Gasteiger partial charge >= 0.3 is 7.12 Å². The van der Waals surface area contributed by atoms with Crippen LogP contribution in [0.5, 0.6) is 0 Å². The normalized spacial score (nSPS) is 10.2. The van der Waals surface area contributed by atoms with Crippen molar-refractivity contribution in [1.29, 1.82) is 0 Å². The van der Waals surface area contributed by atoms with E-state index < -0.39 is 7.12 Å². The van der Waals surface area contributed by atoms with Crippen molar-refractivity contribution in [3.05, 3.63) is 158 Å². The van der Waals surface area contributed by atoms with Crippen LogP contribution in [0.4, 0.5) is 0 Å². The minimum absolute atomic E-state index is 0.511. The molecule has 44 heavy (non-hydrogen) atoms. The Morgan fingerprint density at radius 3 is 1.61 bits per heavy atom. The van der Waals surface area contributed by atoms with Crippen molar-refractivity contribution < 1.29 is 10.0 Å². The van der Waals surface area contributed by atoms with Crippen LogP contribution in [0.25, 0.3) is 33.5 Å². The Bertz CT molecular complexity index is 1800. The van der Waals surface area contributed by atoms with Crippen LogP contribution in [0.15, 0.2) is 147 Å². The third kappa shape index (κ3) is 9.81. The first-order chi connectivity index (χ1) is 21.2. The van der Waals surface area contributed by atoms with Gasteiger partial charge in [-0.3, -0.25) is 4.98 Å². The Morgan fingerprint density at radius 1 is 0.523 bits per heavy atom. The summed E-state index contributed by atoms with van der Waals surface area (Å²) in [4.78, 5) is 8.55. The van der Waals surface area contributed by atoms with Crippen molar-refractivity contribution in [2.75, 3.05) is 0 Å². The van der Waals surface area contributed by atoms with Crippen LogP contribution >= 0.6 is 47.8 Å². The number of pyridine rings is 2. The highest BCUT2D eigenvalue weighted by Crippen LogP contribution is 2.27. The van der Waals surface area contributed by atoms with Crippen LogP contribution < -0.4 is 5.46 Å². The van der Waals surface area contributed by atoms with E-state index in [0.29, 0.717) is 5.46 Å². The van der Waals surface area contributed by atoms with Gasteiger partial charge in [0, 0.05) is 26.9 Å². The minimum atomic E-state index is -1.41. The van der Waals surface area contributed by atoms with Gasteiger partial charge in [-0.25, -0.2) is 4.98 Å². The molecule has 0 bridgehead atoms. The van der Waals surface area contributed by atoms with Crippen molar-refractivity contribution in [1.82, 2.24) is 9.97 Å². The van der Waals surface area contributed by atoms with Gasteiger partial charge in [-0.05, 0) is 119 Å². The van der Waals surface area contributed by atoms with Crippen molar-refractivity contribution in [3.8, 4) is 33.5 Å². The van der Waals surface area contributed by atoms with Gasteiger partial charge in [-0.2, -0.15) is 0 Å². The van der Waals surface area contributed by atoms with E-state index in [1.54, 1.807) is 18.3 Å². The summed E-state index contributed by atoms with van der Waals surface area (Å²) in [6.07, 6.45) is 3.62. The SMILES string of the molecule is Cc1cc(-c2cccc(-c3ccccc3)c2)ncc1Br.Cc1cc(Br)cnc1Br.OB(O)c1cccc(-c2ccccc2)c1. The molecule has 0 aliphatic carbocycles. The summed E-state index contributed by atoms with van der Waals surface area (Å²) in [6, 6.07) is 40.1. The van der Waals surface area contributed by atoms with Crippen LogP contribution in [-0.4, -0.2) is 27.1 Å². The highest BCUT2D eigenvalue weighted by Gasteiger charge is 2.11. The predicted molar refractivity (Wildman–Crippen MR) is 194 cm³/mol. The highest BCUT2D eigenvalue weighted by molar-refractivity contribution is 9.11.